The van der Waals surface area contributed by atoms with Gasteiger partial charge in [-0.25, -0.2) is 0 Å². The van der Waals surface area contributed by atoms with Crippen molar-refractivity contribution in [3.8, 4) is 5.88 Å². The number of piperidine rings is 1. The summed E-state index contributed by atoms with van der Waals surface area (Å²) in [6.07, 6.45) is 4.01. The SMILES string of the molecule is COc1cc(C(=O)N(C)C[C@@H]2CCCN(C)[C@H]2c2ccnn2C)on1. The average molecular weight is 347 g/mol. The lowest BCUT2D eigenvalue weighted by Gasteiger charge is -2.40. The molecule has 25 heavy (non-hydrogen) atoms. The van der Waals surface area contributed by atoms with Crippen molar-refractivity contribution >= 4 is 5.91 Å². The van der Waals surface area contributed by atoms with Crippen LogP contribution in [-0.2, 0) is 7.05 Å². The van der Waals surface area contributed by atoms with Gasteiger partial charge in [0.2, 0.25) is 5.76 Å². The highest BCUT2D eigenvalue weighted by atomic mass is 16.5. The Morgan fingerprint density at radius 2 is 2.28 bits per heavy atom. The Balaban J connectivity index is 1.74. The zero-order valence-corrected chi connectivity index (χ0v) is 15.2. The minimum absolute atomic E-state index is 0.187. The van der Waals surface area contributed by atoms with Crippen molar-refractivity contribution in [2.24, 2.45) is 13.0 Å². The van der Waals surface area contributed by atoms with Crippen LogP contribution in [0.4, 0.5) is 0 Å². The van der Waals surface area contributed by atoms with E-state index in [4.69, 9.17) is 9.26 Å². The van der Waals surface area contributed by atoms with Gasteiger partial charge in [-0.15, -0.1) is 0 Å². The topological polar surface area (TPSA) is 76.6 Å². The average Bonchev–Trinajstić information content (AvgIpc) is 3.23. The maximum Gasteiger partial charge on any atom is 0.292 e. The number of methoxy groups -OCH3 is 1. The number of hydrogen-bond donors (Lipinski definition) is 0. The molecule has 0 aromatic carbocycles. The highest BCUT2D eigenvalue weighted by Gasteiger charge is 2.34. The summed E-state index contributed by atoms with van der Waals surface area (Å²) in [5.74, 6) is 0.642. The molecule has 0 spiro atoms. The smallest absolute Gasteiger partial charge is 0.292 e. The molecule has 2 aromatic rings. The molecule has 1 amide bonds. The Kier molecular flexibility index (Phi) is 5.08. The summed E-state index contributed by atoms with van der Waals surface area (Å²) in [4.78, 5) is 16.6. The second-order valence-corrected chi connectivity index (χ2v) is 6.63. The van der Waals surface area contributed by atoms with Crippen LogP contribution in [0.15, 0.2) is 22.9 Å². The van der Waals surface area contributed by atoms with E-state index in [1.807, 2.05) is 17.9 Å². The van der Waals surface area contributed by atoms with Gasteiger partial charge in [0.25, 0.3) is 11.8 Å². The molecule has 2 aromatic heterocycles. The van der Waals surface area contributed by atoms with Gasteiger partial charge in [-0.2, -0.15) is 5.10 Å². The van der Waals surface area contributed by atoms with Crippen molar-refractivity contribution in [1.82, 2.24) is 24.7 Å². The molecule has 2 atom stereocenters. The number of aromatic nitrogens is 3. The van der Waals surface area contributed by atoms with Crippen LogP contribution >= 0.6 is 0 Å². The standard InChI is InChI=1S/C17H25N5O3/c1-20-9-5-6-12(16(20)13-7-8-18-22(13)3)11-21(2)17(23)14-10-15(24-4)19-25-14/h7-8,10,12,16H,5-6,9,11H2,1-4H3/t12-,16+/m0/s1. The predicted molar refractivity (Wildman–Crippen MR) is 91.3 cm³/mol. The van der Waals surface area contributed by atoms with Crippen LogP contribution < -0.4 is 4.74 Å². The first-order valence-electron chi connectivity index (χ1n) is 8.45. The maximum atomic E-state index is 12.6. The van der Waals surface area contributed by atoms with Gasteiger partial charge in [0.1, 0.15) is 0 Å². The molecule has 3 heterocycles. The number of hydrogen-bond acceptors (Lipinski definition) is 6. The van der Waals surface area contributed by atoms with E-state index in [1.54, 1.807) is 11.9 Å². The fraction of sp³-hybridized carbons (Fsp3) is 0.588. The normalized spacial score (nSPS) is 21.3. The third-order valence-electron chi connectivity index (χ3n) is 4.93. The van der Waals surface area contributed by atoms with E-state index in [9.17, 15) is 4.79 Å². The van der Waals surface area contributed by atoms with Crippen molar-refractivity contribution in [3.63, 3.8) is 0 Å². The molecular weight excluding hydrogens is 322 g/mol. The summed E-state index contributed by atoms with van der Waals surface area (Å²) < 4.78 is 12.0. The number of likely N-dealkylation sites (tertiary alicyclic amines) is 1. The summed E-state index contributed by atoms with van der Waals surface area (Å²) in [5.41, 5.74) is 1.18. The van der Waals surface area contributed by atoms with Crippen LogP contribution in [0.5, 0.6) is 5.88 Å². The van der Waals surface area contributed by atoms with Crippen LogP contribution in [0, 0.1) is 5.92 Å². The number of carbonyl (C=O) groups is 1. The van der Waals surface area contributed by atoms with Gasteiger partial charge >= 0.3 is 0 Å². The minimum atomic E-state index is -0.187. The van der Waals surface area contributed by atoms with E-state index in [-0.39, 0.29) is 17.7 Å². The lowest BCUT2D eigenvalue weighted by Crippen LogP contribution is -2.43. The van der Waals surface area contributed by atoms with Gasteiger partial charge in [-0.3, -0.25) is 14.4 Å². The zero-order valence-electron chi connectivity index (χ0n) is 15.2. The van der Waals surface area contributed by atoms with Gasteiger partial charge < -0.3 is 14.2 Å². The van der Waals surface area contributed by atoms with Gasteiger partial charge in [-0.05, 0) is 43.6 Å². The monoisotopic (exact) mass is 347 g/mol. The highest BCUT2D eigenvalue weighted by Crippen LogP contribution is 2.35. The Bertz CT molecular complexity index is 725. The third-order valence-corrected chi connectivity index (χ3v) is 4.93. The lowest BCUT2D eigenvalue weighted by molar-refractivity contribution is 0.0598. The summed E-state index contributed by atoms with van der Waals surface area (Å²) in [6.45, 7) is 1.69. The van der Waals surface area contributed by atoms with Crippen LogP contribution in [0.3, 0.4) is 0 Å². The van der Waals surface area contributed by atoms with Crippen LogP contribution in [0.25, 0.3) is 0 Å². The van der Waals surface area contributed by atoms with E-state index < -0.39 is 0 Å². The summed E-state index contributed by atoms with van der Waals surface area (Å²) >= 11 is 0. The third kappa shape index (κ3) is 3.53. The Labute approximate surface area is 147 Å². The second kappa shape index (κ2) is 7.26. The van der Waals surface area contributed by atoms with Crippen LogP contribution in [0.2, 0.25) is 0 Å². The highest BCUT2D eigenvalue weighted by molar-refractivity contribution is 5.91. The molecule has 3 rings (SSSR count). The fourth-order valence-electron chi connectivity index (χ4n) is 3.67. The molecule has 8 nitrogen and oxygen atoms in total. The molecule has 0 radical (unpaired) electrons. The largest absolute Gasteiger partial charge is 0.479 e. The minimum Gasteiger partial charge on any atom is -0.479 e. The lowest BCUT2D eigenvalue weighted by atomic mass is 9.87. The molecule has 1 saturated heterocycles. The van der Waals surface area contributed by atoms with Crippen molar-refractivity contribution < 1.29 is 14.1 Å². The fourth-order valence-corrected chi connectivity index (χ4v) is 3.67. The molecule has 1 fully saturated rings. The molecule has 0 unspecified atom stereocenters. The molecule has 136 valence electrons. The quantitative estimate of drug-likeness (QED) is 0.817. The Morgan fingerprint density at radius 3 is 2.92 bits per heavy atom. The number of nitrogens with zero attached hydrogens (tertiary/aromatic N) is 5. The summed E-state index contributed by atoms with van der Waals surface area (Å²) in [7, 11) is 7.38. The zero-order chi connectivity index (χ0) is 18.0. The second-order valence-electron chi connectivity index (χ2n) is 6.63. The molecule has 0 aliphatic carbocycles. The van der Waals surface area contributed by atoms with Gasteiger partial charge in [0, 0.05) is 26.8 Å². The van der Waals surface area contributed by atoms with Gasteiger partial charge in [-0.1, -0.05) is 0 Å². The Hall–Kier alpha value is -2.35. The van der Waals surface area contributed by atoms with E-state index in [0.29, 0.717) is 18.3 Å². The molecule has 1 aliphatic heterocycles. The molecule has 8 heteroatoms. The molecule has 0 N–H and O–H groups in total. The molecule has 1 aliphatic rings. The van der Waals surface area contributed by atoms with Crippen molar-refractivity contribution in [1.29, 1.82) is 0 Å². The first kappa shape index (κ1) is 17.5. The van der Waals surface area contributed by atoms with Crippen molar-refractivity contribution in [2.45, 2.75) is 18.9 Å². The molecule has 0 bridgehead atoms. The summed E-state index contributed by atoms with van der Waals surface area (Å²) in [6, 6.07) is 3.81. The van der Waals surface area contributed by atoms with Crippen molar-refractivity contribution in [2.75, 3.05) is 34.3 Å². The first-order chi connectivity index (χ1) is 12.0. The Morgan fingerprint density at radius 1 is 1.48 bits per heavy atom. The molecular formula is C17H25N5O3. The van der Waals surface area contributed by atoms with E-state index in [0.717, 1.165) is 19.4 Å². The van der Waals surface area contributed by atoms with E-state index >= 15 is 0 Å². The van der Waals surface area contributed by atoms with E-state index in [1.165, 1.54) is 18.9 Å². The molecule has 0 saturated carbocycles. The number of carbonyl (C=O) groups excluding carboxylic acids is 1. The number of amides is 1. The summed E-state index contributed by atoms with van der Waals surface area (Å²) in [5, 5.41) is 8.01. The van der Waals surface area contributed by atoms with E-state index in [2.05, 4.69) is 28.3 Å². The van der Waals surface area contributed by atoms with Gasteiger partial charge in [0.15, 0.2) is 0 Å². The predicted octanol–water partition coefficient (Wildman–Crippen LogP) is 1.57. The number of ether oxygens (including phenoxy) is 1. The van der Waals surface area contributed by atoms with Gasteiger partial charge in [0.05, 0.1) is 24.9 Å². The van der Waals surface area contributed by atoms with Crippen molar-refractivity contribution in [3.05, 3.63) is 29.8 Å². The van der Waals surface area contributed by atoms with Crippen LogP contribution in [0.1, 0.15) is 35.1 Å². The number of rotatable bonds is 5. The maximum absolute atomic E-state index is 12.6. The number of aryl methyl sites for hydroxylation is 1. The first-order valence-corrected chi connectivity index (χ1v) is 8.45. The van der Waals surface area contributed by atoms with Crippen LogP contribution in [-0.4, -0.2) is 64.9 Å².